The Morgan fingerprint density at radius 3 is 2.88 bits per heavy atom. The summed E-state index contributed by atoms with van der Waals surface area (Å²) < 4.78 is 12.7. The van der Waals surface area contributed by atoms with Gasteiger partial charge < -0.3 is 10.4 Å². The average molecular weight is 224 g/mol. The van der Waals surface area contributed by atoms with Gasteiger partial charge in [-0.15, -0.1) is 0 Å². The molecule has 0 spiro atoms. The van der Waals surface area contributed by atoms with Crippen molar-refractivity contribution in [3.05, 3.63) is 29.8 Å². The number of aliphatic hydroxyl groups excluding tert-OH is 1. The van der Waals surface area contributed by atoms with Gasteiger partial charge >= 0.3 is 0 Å². The number of hydrogen-bond donors (Lipinski definition) is 2. The smallest absolute Gasteiger partial charge is 0.141 e. The Labute approximate surface area is 94.7 Å². The molecule has 0 bridgehead atoms. The Balaban J connectivity index is 1.82. The summed E-state index contributed by atoms with van der Waals surface area (Å²) in [5.74, 6) is 0.148. The molecule has 1 aromatic rings. The Kier molecular flexibility index (Phi) is 3.51. The van der Waals surface area contributed by atoms with Crippen LogP contribution in [0.2, 0.25) is 0 Å². The maximum Gasteiger partial charge on any atom is 0.141 e. The van der Waals surface area contributed by atoms with Crippen molar-refractivity contribution < 1.29 is 9.50 Å². The summed E-state index contributed by atoms with van der Waals surface area (Å²) in [6.45, 7) is 2.53. The van der Waals surface area contributed by atoms with E-state index in [0.717, 1.165) is 18.5 Å². The SMILES string of the molecule is CC(NCC(O)C1CC1)c1ccc(F)cn1. The van der Waals surface area contributed by atoms with Crippen LogP contribution >= 0.6 is 0 Å². The van der Waals surface area contributed by atoms with Crippen LogP contribution in [0.3, 0.4) is 0 Å². The highest BCUT2D eigenvalue weighted by Crippen LogP contribution is 2.32. The van der Waals surface area contributed by atoms with Crippen molar-refractivity contribution >= 4 is 0 Å². The molecular formula is C12H17FN2O. The van der Waals surface area contributed by atoms with Gasteiger partial charge in [0, 0.05) is 12.6 Å². The van der Waals surface area contributed by atoms with E-state index in [0.29, 0.717) is 12.5 Å². The van der Waals surface area contributed by atoms with Gasteiger partial charge in [-0.3, -0.25) is 4.98 Å². The maximum atomic E-state index is 12.7. The number of nitrogens with zero attached hydrogens (tertiary/aromatic N) is 1. The van der Waals surface area contributed by atoms with Gasteiger partial charge in [0.1, 0.15) is 5.82 Å². The van der Waals surface area contributed by atoms with Crippen molar-refractivity contribution in [1.82, 2.24) is 10.3 Å². The molecule has 1 aliphatic rings. The largest absolute Gasteiger partial charge is 0.392 e. The lowest BCUT2D eigenvalue weighted by Crippen LogP contribution is -2.30. The van der Waals surface area contributed by atoms with E-state index in [1.807, 2.05) is 6.92 Å². The van der Waals surface area contributed by atoms with Gasteiger partial charge in [0.25, 0.3) is 0 Å². The van der Waals surface area contributed by atoms with Crippen LogP contribution in [0.4, 0.5) is 4.39 Å². The zero-order valence-corrected chi connectivity index (χ0v) is 9.36. The van der Waals surface area contributed by atoms with Gasteiger partial charge in [-0.25, -0.2) is 4.39 Å². The number of nitrogens with one attached hydrogen (secondary N) is 1. The van der Waals surface area contributed by atoms with Crippen molar-refractivity contribution in [3.63, 3.8) is 0 Å². The Morgan fingerprint density at radius 2 is 2.31 bits per heavy atom. The van der Waals surface area contributed by atoms with Gasteiger partial charge in [0.2, 0.25) is 0 Å². The van der Waals surface area contributed by atoms with Gasteiger partial charge in [-0.1, -0.05) is 0 Å². The maximum absolute atomic E-state index is 12.7. The molecule has 1 aliphatic carbocycles. The van der Waals surface area contributed by atoms with E-state index in [1.54, 1.807) is 6.07 Å². The van der Waals surface area contributed by atoms with Crippen molar-refractivity contribution in [2.24, 2.45) is 5.92 Å². The molecule has 2 N–H and O–H groups in total. The summed E-state index contributed by atoms with van der Waals surface area (Å²) in [5, 5.41) is 12.9. The first-order chi connectivity index (χ1) is 7.66. The van der Waals surface area contributed by atoms with E-state index in [9.17, 15) is 9.50 Å². The van der Waals surface area contributed by atoms with Gasteiger partial charge in [-0.2, -0.15) is 0 Å². The van der Waals surface area contributed by atoms with Crippen LogP contribution in [0.1, 0.15) is 31.5 Å². The van der Waals surface area contributed by atoms with Crippen LogP contribution in [-0.4, -0.2) is 22.7 Å². The molecule has 0 aromatic carbocycles. The second-order valence-corrected chi connectivity index (χ2v) is 4.44. The molecule has 3 nitrogen and oxygen atoms in total. The van der Waals surface area contributed by atoms with E-state index in [1.165, 1.54) is 12.3 Å². The third-order valence-electron chi connectivity index (χ3n) is 2.99. The lowest BCUT2D eigenvalue weighted by Gasteiger charge is -2.16. The van der Waals surface area contributed by atoms with E-state index in [4.69, 9.17) is 0 Å². The predicted molar refractivity (Wildman–Crippen MR) is 59.3 cm³/mol. The number of hydrogen-bond acceptors (Lipinski definition) is 3. The molecule has 0 aliphatic heterocycles. The summed E-state index contributed by atoms with van der Waals surface area (Å²) in [6, 6.07) is 3.10. The minimum Gasteiger partial charge on any atom is -0.392 e. The molecule has 88 valence electrons. The minimum atomic E-state index is -0.325. The molecule has 1 fully saturated rings. The first kappa shape index (κ1) is 11.5. The molecule has 1 heterocycles. The van der Waals surface area contributed by atoms with Crippen LogP contribution < -0.4 is 5.32 Å². The molecular weight excluding hydrogens is 207 g/mol. The normalized spacial score (nSPS) is 19.4. The molecule has 2 unspecified atom stereocenters. The lowest BCUT2D eigenvalue weighted by molar-refractivity contribution is 0.145. The lowest BCUT2D eigenvalue weighted by atomic mass is 10.2. The number of aliphatic hydroxyl groups is 1. The molecule has 0 radical (unpaired) electrons. The Morgan fingerprint density at radius 1 is 1.56 bits per heavy atom. The highest BCUT2D eigenvalue weighted by Gasteiger charge is 2.29. The van der Waals surface area contributed by atoms with E-state index in [-0.39, 0.29) is 18.0 Å². The molecule has 16 heavy (non-hydrogen) atoms. The summed E-state index contributed by atoms with van der Waals surface area (Å²) in [4.78, 5) is 4.00. The minimum absolute atomic E-state index is 0.0361. The van der Waals surface area contributed by atoms with E-state index >= 15 is 0 Å². The van der Waals surface area contributed by atoms with Crippen molar-refractivity contribution in [2.45, 2.75) is 31.9 Å². The Bertz CT molecular complexity index is 337. The van der Waals surface area contributed by atoms with E-state index < -0.39 is 0 Å². The van der Waals surface area contributed by atoms with Crippen molar-refractivity contribution in [2.75, 3.05) is 6.54 Å². The van der Waals surface area contributed by atoms with Crippen LogP contribution in [0.25, 0.3) is 0 Å². The van der Waals surface area contributed by atoms with Crippen LogP contribution in [0.5, 0.6) is 0 Å². The van der Waals surface area contributed by atoms with E-state index in [2.05, 4.69) is 10.3 Å². The molecule has 2 rings (SSSR count). The molecule has 1 saturated carbocycles. The number of aromatic nitrogens is 1. The standard InChI is InChI=1S/C12H17FN2O/c1-8(11-5-4-10(13)6-15-11)14-7-12(16)9-2-3-9/h4-6,8-9,12,14,16H,2-3,7H2,1H3. The third-order valence-corrected chi connectivity index (χ3v) is 2.99. The van der Waals surface area contributed by atoms with Gasteiger partial charge in [-0.05, 0) is 37.8 Å². The summed E-state index contributed by atoms with van der Waals surface area (Å²) in [6.07, 6.45) is 3.21. The Hall–Kier alpha value is -1.00. The molecule has 0 saturated heterocycles. The van der Waals surface area contributed by atoms with Crippen molar-refractivity contribution in [1.29, 1.82) is 0 Å². The summed E-state index contributed by atoms with van der Waals surface area (Å²) in [5.41, 5.74) is 0.796. The number of halogens is 1. The van der Waals surface area contributed by atoms with Gasteiger partial charge in [0.15, 0.2) is 0 Å². The van der Waals surface area contributed by atoms with Crippen LogP contribution in [0.15, 0.2) is 18.3 Å². The first-order valence-corrected chi connectivity index (χ1v) is 5.69. The fraction of sp³-hybridized carbons (Fsp3) is 0.583. The van der Waals surface area contributed by atoms with Gasteiger partial charge in [0.05, 0.1) is 18.0 Å². The molecule has 0 amide bonds. The monoisotopic (exact) mass is 224 g/mol. The number of rotatable bonds is 5. The topological polar surface area (TPSA) is 45.1 Å². The summed E-state index contributed by atoms with van der Waals surface area (Å²) in [7, 11) is 0. The molecule has 4 heteroatoms. The quantitative estimate of drug-likeness (QED) is 0.799. The highest BCUT2D eigenvalue weighted by molar-refractivity contribution is 5.09. The van der Waals surface area contributed by atoms with Crippen molar-refractivity contribution in [3.8, 4) is 0 Å². The zero-order chi connectivity index (χ0) is 11.5. The fourth-order valence-corrected chi connectivity index (χ4v) is 1.69. The average Bonchev–Trinajstić information content (AvgIpc) is 3.10. The van der Waals surface area contributed by atoms with Crippen LogP contribution in [0, 0.1) is 11.7 Å². The fourth-order valence-electron chi connectivity index (χ4n) is 1.69. The third kappa shape index (κ3) is 3.00. The second-order valence-electron chi connectivity index (χ2n) is 4.44. The summed E-state index contributed by atoms with van der Waals surface area (Å²) >= 11 is 0. The number of pyridine rings is 1. The molecule has 1 aromatic heterocycles. The highest BCUT2D eigenvalue weighted by atomic mass is 19.1. The van der Waals surface area contributed by atoms with Crippen LogP contribution in [-0.2, 0) is 0 Å². The molecule has 2 atom stereocenters. The predicted octanol–water partition coefficient (Wildman–Crippen LogP) is 1.64. The first-order valence-electron chi connectivity index (χ1n) is 5.69. The second kappa shape index (κ2) is 4.89. The zero-order valence-electron chi connectivity index (χ0n) is 9.36.